The van der Waals surface area contributed by atoms with Gasteiger partial charge in [0, 0.05) is 29.3 Å². The molecule has 2 unspecified atom stereocenters. The maximum Gasteiger partial charge on any atom is 0.0982 e. The lowest BCUT2D eigenvalue weighted by Gasteiger charge is -2.38. The molecule has 4 heteroatoms. The lowest BCUT2D eigenvalue weighted by atomic mass is 9.73. The first-order valence-corrected chi connectivity index (χ1v) is 8.53. The Hall–Kier alpha value is -0.450. The van der Waals surface area contributed by atoms with Gasteiger partial charge in [-0.2, -0.15) is 0 Å². The van der Waals surface area contributed by atoms with E-state index in [1.165, 1.54) is 11.4 Å². The number of hydrogen-bond acceptors (Lipinski definition) is 4. The highest BCUT2D eigenvalue weighted by Gasteiger charge is 2.34. The van der Waals surface area contributed by atoms with Crippen molar-refractivity contribution < 1.29 is 5.11 Å². The highest BCUT2D eigenvalue weighted by molar-refractivity contribution is 7.09. The third-order valence-electron chi connectivity index (χ3n) is 4.31. The first-order valence-electron chi connectivity index (χ1n) is 7.65. The van der Waals surface area contributed by atoms with E-state index in [-0.39, 0.29) is 16.9 Å². The van der Waals surface area contributed by atoms with Crippen LogP contribution in [0.1, 0.15) is 64.1 Å². The molecule has 0 aromatic carbocycles. The summed E-state index contributed by atoms with van der Waals surface area (Å²) in [5.74, 6) is 0. The van der Waals surface area contributed by atoms with E-state index in [1.807, 2.05) is 0 Å². The number of aliphatic hydroxyl groups excluding tert-OH is 1. The molecule has 114 valence electrons. The average molecular weight is 296 g/mol. The molecule has 1 fully saturated rings. The van der Waals surface area contributed by atoms with Crippen molar-refractivity contribution in [2.75, 3.05) is 6.54 Å². The highest BCUT2D eigenvalue weighted by Crippen LogP contribution is 2.35. The van der Waals surface area contributed by atoms with Crippen LogP contribution in [0, 0.1) is 5.41 Å². The van der Waals surface area contributed by atoms with Crippen molar-refractivity contribution in [2.45, 2.75) is 71.4 Å². The van der Waals surface area contributed by atoms with Crippen LogP contribution < -0.4 is 5.32 Å². The van der Waals surface area contributed by atoms with Gasteiger partial charge in [0.25, 0.3) is 0 Å². The summed E-state index contributed by atoms with van der Waals surface area (Å²) in [4.78, 5) is 4.70. The largest absolute Gasteiger partial charge is 0.393 e. The normalized spacial score (nSPS) is 27.8. The maximum atomic E-state index is 10.2. The second-order valence-corrected chi connectivity index (χ2v) is 8.27. The molecular weight excluding hydrogens is 268 g/mol. The standard InChI is InChI=1S/C16H28N2OS/c1-15(2,3)14-18-12(10-20-14)9-17-11-16(4)8-6-5-7-13(16)19/h10,13,17,19H,5-9,11H2,1-4H3. The molecule has 1 saturated carbocycles. The zero-order chi connectivity index (χ0) is 14.8. The SMILES string of the molecule is CC(C)(C)c1nc(CNCC2(C)CCCCC2O)cs1. The fraction of sp³-hybridized carbons (Fsp3) is 0.812. The first-order chi connectivity index (χ1) is 9.31. The Kier molecular flexibility index (Phi) is 4.88. The van der Waals surface area contributed by atoms with Gasteiger partial charge in [-0.05, 0) is 12.8 Å². The molecule has 0 spiro atoms. The summed E-state index contributed by atoms with van der Waals surface area (Å²) in [6, 6.07) is 0. The van der Waals surface area contributed by atoms with Gasteiger partial charge in [0.15, 0.2) is 0 Å². The topological polar surface area (TPSA) is 45.2 Å². The summed E-state index contributed by atoms with van der Waals surface area (Å²) < 4.78 is 0. The Morgan fingerprint density at radius 3 is 2.80 bits per heavy atom. The molecule has 2 rings (SSSR count). The first kappa shape index (κ1) is 15.9. The van der Waals surface area contributed by atoms with E-state index in [0.29, 0.717) is 0 Å². The van der Waals surface area contributed by atoms with Gasteiger partial charge in [-0.3, -0.25) is 0 Å². The summed E-state index contributed by atoms with van der Waals surface area (Å²) in [5, 5.41) is 17.0. The van der Waals surface area contributed by atoms with Gasteiger partial charge in [-0.15, -0.1) is 11.3 Å². The molecule has 0 saturated heterocycles. The molecule has 1 aliphatic carbocycles. The Bertz CT molecular complexity index is 438. The number of thiazole rings is 1. The van der Waals surface area contributed by atoms with Gasteiger partial charge in [-0.25, -0.2) is 4.98 Å². The second-order valence-electron chi connectivity index (χ2n) is 7.41. The zero-order valence-corrected chi connectivity index (χ0v) is 14.0. The molecule has 20 heavy (non-hydrogen) atoms. The van der Waals surface area contributed by atoms with E-state index in [2.05, 4.69) is 38.4 Å². The number of rotatable bonds is 4. The summed E-state index contributed by atoms with van der Waals surface area (Å²) in [7, 11) is 0. The minimum atomic E-state index is -0.163. The highest BCUT2D eigenvalue weighted by atomic mass is 32.1. The van der Waals surface area contributed by atoms with Crippen molar-refractivity contribution in [1.29, 1.82) is 0 Å². The third kappa shape index (κ3) is 3.80. The van der Waals surface area contributed by atoms with Crippen LogP contribution in [0.2, 0.25) is 0 Å². The Morgan fingerprint density at radius 2 is 2.20 bits per heavy atom. The molecule has 1 aliphatic rings. The van der Waals surface area contributed by atoms with Crippen LogP contribution in [0.4, 0.5) is 0 Å². The lowest BCUT2D eigenvalue weighted by molar-refractivity contribution is 0.00111. The monoisotopic (exact) mass is 296 g/mol. The van der Waals surface area contributed by atoms with Crippen LogP contribution in [0.25, 0.3) is 0 Å². The molecule has 2 N–H and O–H groups in total. The predicted molar refractivity (Wildman–Crippen MR) is 85.1 cm³/mol. The van der Waals surface area contributed by atoms with Crippen molar-refractivity contribution in [1.82, 2.24) is 10.3 Å². The van der Waals surface area contributed by atoms with E-state index < -0.39 is 0 Å². The number of aromatic nitrogens is 1. The Labute approximate surface area is 126 Å². The van der Waals surface area contributed by atoms with E-state index in [4.69, 9.17) is 4.98 Å². The molecule has 0 bridgehead atoms. The number of hydrogen-bond donors (Lipinski definition) is 2. The Morgan fingerprint density at radius 1 is 1.45 bits per heavy atom. The summed E-state index contributed by atoms with van der Waals surface area (Å²) >= 11 is 1.74. The van der Waals surface area contributed by atoms with Crippen molar-refractivity contribution in [3.63, 3.8) is 0 Å². The van der Waals surface area contributed by atoms with Gasteiger partial charge in [0.05, 0.1) is 16.8 Å². The maximum absolute atomic E-state index is 10.2. The minimum absolute atomic E-state index is 0.0289. The minimum Gasteiger partial charge on any atom is -0.393 e. The predicted octanol–water partition coefficient (Wildman–Crippen LogP) is 3.47. The van der Waals surface area contributed by atoms with Gasteiger partial charge < -0.3 is 10.4 Å². The summed E-state index contributed by atoms with van der Waals surface area (Å²) in [6.45, 7) is 10.5. The van der Waals surface area contributed by atoms with Gasteiger partial charge in [0.2, 0.25) is 0 Å². The van der Waals surface area contributed by atoms with E-state index in [9.17, 15) is 5.11 Å². The number of aliphatic hydroxyl groups is 1. The number of nitrogens with one attached hydrogen (secondary N) is 1. The van der Waals surface area contributed by atoms with Crippen LogP contribution in [-0.2, 0) is 12.0 Å². The fourth-order valence-corrected chi connectivity index (χ4v) is 3.70. The average Bonchev–Trinajstić information content (AvgIpc) is 2.82. The second kappa shape index (κ2) is 6.12. The number of nitrogens with zero attached hydrogens (tertiary/aromatic N) is 1. The van der Waals surface area contributed by atoms with Gasteiger partial charge >= 0.3 is 0 Å². The van der Waals surface area contributed by atoms with E-state index in [0.717, 1.165) is 38.0 Å². The van der Waals surface area contributed by atoms with E-state index >= 15 is 0 Å². The third-order valence-corrected chi connectivity index (χ3v) is 5.63. The quantitative estimate of drug-likeness (QED) is 0.894. The van der Waals surface area contributed by atoms with Crippen molar-refractivity contribution in [3.8, 4) is 0 Å². The molecule has 1 heterocycles. The van der Waals surface area contributed by atoms with Gasteiger partial charge in [0.1, 0.15) is 0 Å². The molecule has 0 radical (unpaired) electrons. The van der Waals surface area contributed by atoms with Crippen LogP contribution in [0.3, 0.4) is 0 Å². The smallest absolute Gasteiger partial charge is 0.0982 e. The van der Waals surface area contributed by atoms with Crippen molar-refractivity contribution in [3.05, 3.63) is 16.1 Å². The van der Waals surface area contributed by atoms with Crippen molar-refractivity contribution in [2.24, 2.45) is 5.41 Å². The molecule has 0 amide bonds. The molecule has 3 nitrogen and oxygen atoms in total. The fourth-order valence-electron chi connectivity index (χ4n) is 2.80. The molecule has 1 aromatic rings. The lowest BCUT2D eigenvalue weighted by Crippen LogP contribution is -2.43. The summed E-state index contributed by atoms with van der Waals surface area (Å²) in [5.41, 5.74) is 1.28. The summed E-state index contributed by atoms with van der Waals surface area (Å²) in [6.07, 6.45) is 4.30. The molecule has 1 aromatic heterocycles. The van der Waals surface area contributed by atoms with Gasteiger partial charge in [-0.1, -0.05) is 40.5 Å². The van der Waals surface area contributed by atoms with Crippen LogP contribution in [0.5, 0.6) is 0 Å². The molecule has 2 atom stereocenters. The van der Waals surface area contributed by atoms with Crippen molar-refractivity contribution >= 4 is 11.3 Å². The Balaban J connectivity index is 1.85. The van der Waals surface area contributed by atoms with Crippen LogP contribution in [-0.4, -0.2) is 22.7 Å². The van der Waals surface area contributed by atoms with Crippen LogP contribution in [0.15, 0.2) is 5.38 Å². The van der Waals surface area contributed by atoms with E-state index in [1.54, 1.807) is 11.3 Å². The molecule has 0 aliphatic heterocycles. The molecular formula is C16H28N2OS. The van der Waals surface area contributed by atoms with Crippen LogP contribution >= 0.6 is 11.3 Å². The zero-order valence-electron chi connectivity index (χ0n) is 13.2.